The van der Waals surface area contributed by atoms with Crippen LogP contribution in [-0.2, 0) is 22.6 Å². The number of ether oxygens (including phenoxy) is 2. The number of rotatable bonds is 9. The van der Waals surface area contributed by atoms with Gasteiger partial charge < -0.3 is 19.5 Å². The Morgan fingerprint density at radius 1 is 1.03 bits per heavy atom. The van der Waals surface area contributed by atoms with Gasteiger partial charge in [-0.25, -0.2) is 4.39 Å². The Morgan fingerprint density at radius 2 is 1.73 bits per heavy atom. The van der Waals surface area contributed by atoms with Crippen molar-refractivity contribution in [2.45, 2.75) is 45.3 Å². The molecular formula is C25H31FN2O5. The topological polar surface area (TPSA) is 79.3 Å². The van der Waals surface area contributed by atoms with Crippen molar-refractivity contribution in [1.29, 1.82) is 0 Å². The van der Waals surface area contributed by atoms with E-state index in [1.165, 1.54) is 19.2 Å². The van der Waals surface area contributed by atoms with Gasteiger partial charge in [-0.15, -0.1) is 0 Å². The number of carbonyl (C=O) groups is 2. The zero-order chi connectivity index (χ0) is 24.0. The van der Waals surface area contributed by atoms with E-state index in [1.54, 1.807) is 30.3 Å². The monoisotopic (exact) mass is 458 g/mol. The van der Waals surface area contributed by atoms with Gasteiger partial charge in [-0.05, 0) is 55.7 Å². The molecule has 1 fully saturated rings. The molecule has 1 saturated heterocycles. The Balaban J connectivity index is 1.56. The predicted molar refractivity (Wildman–Crippen MR) is 122 cm³/mol. The van der Waals surface area contributed by atoms with E-state index >= 15 is 0 Å². The Kier molecular flexibility index (Phi) is 8.27. The van der Waals surface area contributed by atoms with E-state index in [4.69, 9.17) is 14.6 Å². The molecule has 1 heterocycles. The minimum absolute atomic E-state index is 0.0121. The van der Waals surface area contributed by atoms with Gasteiger partial charge in [0.1, 0.15) is 5.82 Å². The maximum absolute atomic E-state index is 13.2. The average Bonchev–Trinajstić information content (AvgIpc) is 2.79. The SMILES string of the molecule is COc1cc(CCC(=O)O)ccc1OCC(=O)N1C[C@H](C)N(Cc2ccc(F)cc2)C[C@H]1C. The molecule has 8 heteroatoms. The number of amides is 1. The van der Waals surface area contributed by atoms with Crippen LogP contribution >= 0.6 is 0 Å². The molecule has 0 saturated carbocycles. The molecule has 178 valence electrons. The number of aliphatic carboxylic acids is 1. The first-order valence-electron chi connectivity index (χ1n) is 11.1. The van der Waals surface area contributed by atoms with Crippen molar-refractivity contribution in [2.24, 2.45) is 0 Å². The summed E-state index contributed by atoms with van der Waals surface area (Å²) < 4.78 is 24.3. The molecule has 2 aromatic carbocycles. The molecule has 1 N–H and O–H groups in total. The van der Waals surface area contributed by atoms with Crippen LogP contribution in [0.2, 0.25) is 0 Å². The molecule has 3 rings (SSSR count). The van der Waals surface area contributed by atoms with Crippen LogP contribution in [0, 0.1) is 5.82 Å². The summed E-state index contributed by atoms with van der Waals surface area (Å²) in [4.78, 5) is 27.8. The van der Waals surface area contributed by atoms with Crippen LogP contribution in [0.5, 0.6) is 11.5 Å². The molecule has 2 atom stereocenters. The summed E-state index contributed by atoms with van der Waals surface area (Å²) in [5.41, 5.74) is 1.87. The number of carbonyl (C=O) groups excluding carboxylic acids is 1. The zero-order valence-corrected chi connectivity index (χ0v) is 19.3. The summed E-state index contributed by atoms with van der Waals surface area (Å²) in [5, 5.41) is 8.85. The smallest absolute Gasteiger partial charge is 0.303 e. The quantitative estimate of drug-likeness (QED) is 0.621. The summed E-state index contributed by atoms with van der Waals surface area (Å²) in [6.45, 7) is 5.98. The highest BCUT2D eigenvalue weighted by molar-refractivity contribution is 5.78. The van der Waals surface area contributed by atoms with E-state index in [1.807, 2.05) is 11.8 Å². The summed E-state index contributed by atoms with van der Waals surface area (Å²) >= 11 is 0. The Hall–Kier alpha value is -3.13. The van der Waals surface area contributed by atoms with E-state index in [0.717, 1.165) is 11.1 Å². The second-order valence-corrected chi connectivity index (χ2v) is 8.47. The number of benzene rings is 2. The third-order valence-corrected chi connectivity index (χ3v) is 5.94. The molecule has 1 amide bonds. The summed E-state index contributed by atoms with van der Waals surface area (Å²) in [6.07, 6.45) is 0.424. The lowest BCUT2D eigenvalue weighted by molar-refractivity contribution is -0.139. The standard InChI is InChI=1S/C25H31FN2O5/c1-17-14-28(18(2)13-27(17)15-20-4-8-21(26)9-5-20)24(29)16-33-22-10-6-19(7-11-25(30)31)12-23(22)32-3/h4-6,8-10,12,17-18H,7,11,13-16H2,1-3H3,(H,30,31)/t17-,18+/m0/s1. The van der Waals surface area contributed by atoms with Crippen LogP contribution in [0.25, 0.3) is 0 Å². The van der Waals surface area contributed by atoms with E-state index in [9.17, 15) is 14.0 Å². The van der Waals surface area contributed by atoms with Crippen molar-refractivity contribution < 1.29 is 28.6 Å². The fourth-order valence-corrected chi connectivity index (χ4v) is 4.05. The van der Waals surface area contributed by atoms with Gasteiger partial charge in [0.2, 0.25) is 0 Å². The van der Waals surface area contributed by atoms with Crippen LogP contribution in [-0.4, -0.2) is 65.7 Å². The lowest BCUT2D eigenvalue weighted by Crippen LogP contribution is -2.58. The number of piperazine rings is 1. The number of carboxylic acid groups (broad SMARTS) is 1. The van der Waals surface area contributed by atoms with Crippen LogP contribution in [0.3, 0.4) is 0 Å². The minimum atomic E-state index is -0.860. The number of halogens is 1. The van der Waals surface area contributed by atoms with Gasteiger partial charge in [0.05, 0.1) is 7.11 Å². The van der Waals surface area contributed by atoms with Gasteiger partial charge in [-0.2, -0.15) is 0 Å². The number of nitrogens with zero attached hydrogens (tertiary/aromatic N) is 2. The van der Waals surface area contributed by atoms with E-state index in [0.29, 0.717) is 37.6 Å². The number of carboxylic acids is 1. The van der Waals surface area contributed by atoms with Crippen molar-refractivity contribution in [1.82, 2.24) is 9.80 Å². The fraction of sp³-hybridized carbons (Fsp3) is 0.440. The maximum Gasteiger partial charge on any atom is 0.303 e. The number of methoxy groups -OCH3 is 1. The number of hydrogen-bond acceptors (Lipinski definition) is 5. The van der Waals surface area contributed by atoms with Gasteiger partial charge in [-0.1, -0.05) is 18.2 Å². The molecule has 1 aliphatic rings. The van der Waals surface area contributed by atoms with Crippen molar-refractivity contribution in [3.8, 4) is 11.5 Å². The highest BCUT2D eigenvalue weighted by Gasteiger charge is 2.32. The fourth-order valence-electron chi connectivity index (χ4n) is 4.05. The second kappa shape index (κ2) is 11.1. The molecule has 1 aliphatic heterocycles. The summed E-state index contributed by atoms with van der Waals surface area (Å²) in [6, 6.07) is 11.9. The molecule has 0 bridgehead atoms. The largest absolute Gasteiger partial charge is 0.493 e. The zero-order valence-electron chi connectivity index (χ0n) is 19.3. The lowest BCUT2D eigenvalue weighted by Gasteiger charge is -2.44. The lowest BCUT2D eigenvalue weighted by atomic mass is 10.1. The van der Waals surface area contributed by atoms with Gasteiger partial charge in [0, 0.05) is 38.1 Å². The molecule has 0 spiro atoms. The predicted octanol–water partition coefficient (Wildman–Crippen LogP) is 3.35. The van der Waals surface area contributed by atoms with Crippen LogP contribution in [0.15, 0.2) is 42.5 Å². The Bertz CT molecular complexity index is 966. The molecule has 0 radical (unpaired) electrons. The third-order valence-electron chi connectivity index (χ3n) is 5.94. The van der Waals surface area contributed by atoms with Crippen molar-refractivity contribution >= 4 is 11.9 Å². The van der Waals surface area contributed by atoms with E-state index in [-0.39, 0.29) is 36.8 Å². The minimum Gasteiger partial charge on any atom is -0.493 e. The van der Waals surface area contributed by atoms with Crippen LogP contribution < -0.4 is 9.47 Å². The van der Waals surface area contributed by atoms with Crippen LogP contribution in [0.4, 0.5) is 4.39 Å². The first-order chi connectivity index (χ1) is 15.8. The summed E-state index contributed by atoms with van der Waals surface area (Å²) in [7, 11) is 1.51. The molecule has 33 heavy (non-hydrogen) atoms. The van der Waals surface area contributed by atoms with Gasteiger partial charge in [0.25, 0.3) is 5.91 Å². The number of aryl methyl sites for hydroxylation is 1. The van der Waals surface area contributed by atoms with Crippen molar-refractivity contribution in [2.75, 3.05) is 26.8 Å². The first-order valence-corrected chi connectivity index (χ1v) is 11.1. The van der Waals surface area contributed by atoms with Gasteiger partial charge >= 0.3 is 5.97 Å². The molecule has 2 aromatic rings. The molecule has 0 aliphatic carbocycles. The van der Waals surface area contributed by atoms with Crippen LogP contribution in [0.1, 0.15) is 31.4 Å². The van der Waals surface area contributed by atoms with Gasteiger partial charge in [0.15, 0.2) is 18.1 Å². The van der Waals surface area contributed by atoms with Crippen molar-refractivity contribution in [3.05, 3.63) is 59.4 Å². The third kappa shape index (κ3) is 6.68. The summed E-state index contributed by atoms with van der Waals surface area (Å²) in [5.74, 6) is -0.298. The molecule has 7 nitrogen and oxygen atoms in total. The normalized spacial score (nSPS) is 18.7. The Morgan fingerprint density at radius 3 is 2.39 bits per heavy atom. The first kappa shape index (κ1) is 24.5. The second-order valence-electron chi connectivity index (χ2n) is 8.47. The van der Waals surface area contributed by atoms with E-state index < -0.39 is 5.97 Å². The van der Waals surface area contributed by atoms with Gasteiger partial charge in [-0.3, -0.25) is 14.5 Å². The highest BCUT2D eigenvalue weighted by Crippen LogP contribution is 2.29. The highest BCUT2D eigenvalue weighted by atomic mass is 19.1. The molecule has 0 unspecified atom stereocenters. The van der Waals surface area contributed by atoms with Crippen molar-refractivity contribution in [3.63, 3.8) is 0 Å². The Labute approximate surface area is 193 Å². The number of hydrogen-bond donors (Lipinski definition) is 1. The molecular weight excluding hydrogens is 427 g/mol. The maximum atomic E-state index is 13.2. The van der Waals surface area contributed by atoms with E-state index in [2.05, 4.69) is 11.8 Å². The molecule has 0 aromatic heterocycles. The average molecular weight is 459 g/mol.